The van der Waals surface area contributed by atoms with Crippen LogP contribution in [0.5, 0.6) is 5.88 Å². The van der Waals surface area contributed by atoms with Crippen LogP contribution in [0.2, 0.25) is 0 Å². The Labute approximate surface area is 115 Å². The molecule has 0 aromatic carbocycles. The zero-order valence-electron chi connectivity index (χ0n) is 11.7. The summed E-state index contributed by atoms with van der Waals surface area (Å²) in [6, 6.07) is 5.94. The summed E-state index contributed by atoms with van der Waals surface area (Å²) in [7, 11) is 1.66. The number of ether oxygens (including phenoxy) is 1. The van der Waals surface area contributed by atoms with E-state index in [1.165, 1.54) is 6.42 Å². The molecule has 1 aliphatic heterocycles. The van der Waals surface area contributed by atoms with Gasteiger partial charge in [-0.1, -0.05) is 6.07 Å². The molecule has 1 saturated heterocycles. The van der Waals surface area contributed by atoms with Crippen molar-refractivity contribution in [3.8, 4) is 5.88 Å². The van der Waals surface area contributed by atoms with Crippen molar-refractivity contribution in [2.75, 3.05) is 51.3 Å². The van der Waals surface area contributed by atoms with Crippen molar-refractivity contribution < 1.29 is 4.74 Å². The topological polar surface area (TPSA) is 54.6 Å². The van der Waals surface area contributed by atoms with Gasteiger partial charge in [-0.3, -0.25) is 0 Å². The third-order valence-electron chi connectivity index (χ3n) is 3.51. The van der Waals surface area contributed by atoms with Crippen LogP contribution in [-0.2, 0) is 0 Å². The molecule has 2 rings (SSSR count). The largest absolute Gasteiger partial charge is 0.481 e. The summed E-state index contributed by atoms with van der Waals surface area (Å²) in [5.74, 6) is 1.70. The molecule has 5 nitrogen and oxygen atoms in total. The van der Waals surface area contributed by atoms with Gasteiger partial charge >= 0.3 is 0 Å². The van der Waals surface area contributed by atoms with Crippen LogP contribution >= 0.6 is 0 Å². The molecule has 1 aromatic rings. The maximum atomic E-state index is 5.57. The Kier molecular flexibility index (Phi) is 5.42. The van der Waals surface area contributed by atoms with Gasteiger partial charge in [-0.2, -0.15) is 4.98 Å². The average molecular weight is 264 g/mol. The summed E-state index contributed by atoms with van der Waals surface area (Å²) in [5, 5.41) is 0. The van der Waals surface area contributed by atoms with E-state index in [2.05, 4.69) is 20.9 Å². The van der Waals surface area contributed by atoms with Crippen molar-refractivity contribution in [3.63, 3.8) is 0 Å². The van der Waals surface area contributed by atoms with Crippen LogP contribution in [0.15, 0.2) is 18.2 Å². The molecule has 5 heteroatoms. The quantitative estimate of drug-likeness (QED) is 0.858. The summed E-state index contributed by atoms with van der Waals surface area (Å²) >= 11 is 0. The van der Waals surface area contributed by atoms with E-state index in [1.54, 1.807) is 7.11 Å². The summed E-state index contributed by atoms with van der Waals surface area (Å²) in [5.41, 5.74) is 5.57. The minimum Gasteiger partial charge on any atom is -0.481 e. The number of methoxy groups -OCH3 is 1. The zero-order valence-corrected chi connectivity index (χ0v) is 11.7. The predicted octanol–water partition coefficient (Wildman–Crippen LogP) is 0.951. The van der Waals surface area contributed by atoms with Crippen molar-refractivity contribution in [2.24, 2.45) is 5.73 Å². The van der Waals surface area contributed by atoms with E-state index in [-0.39, 0.29) is 0 Å². The van der Waals surface area contributed by atoms with E-state index in [4.69, 9.17) is 10.5 Å². The molecule has 2 heterocycles. The molecule has 0 radical (unpaired) electrons. The van der Waals surface area contributed by atoms with E-state index in [0.29, 0.717) is 5.88 Å². The highest BCUT2D eigenvalue weighted by atomic mass is 16.5. The predicted molar refractivity (Wildman–Crippen MR) is 77.7 cm³/mol. The van der Waals surface area contributed by atoms with Gasteiger partial charge in [-0.05, 0) is 38.5 Å². The lowest BCUT2D eigenvalue weighted by Crippen LogP contribution is -2.32. The first-order chi connectivity index (χ1) is 9.33. The Morgan fingerprint density at radius 1 is 1.26 bits per heavy atom. The highest BCUT2D eigenvalue weighted by molar-refractivity contribution is 5.40. The smallest absolute Gasteiger partial charge is 0.214 e. The second-order valence-electron chi connectivity index (χ2n) is 4.86. The van der Waals surface area contributed by atoms with Crippen molar-refractivity contribution in [1.29, 1.82) is 0 Å². The highest BCUT2D eigenvalue weighted by Gasteiger charge is 2.15. The zero-order chi connectivity index (χ0) is 13.5. The number of hydrogen-bond donors (Lipinski definition) is 1. The van der Waals surface area contributed by atoms with E-state index in [0.717, 1.165) is 51.5 Å². The maximum Gasteiger partial charge on any atom is 0.214 e. The van der Waals surface area contributed by atoms with Crippen molar-refractivity contribution in [2.45, 2.75) is 12.8 Å². The average Bonchev–Trinajstić information content (AvgIpc) is 2.70. The molecule has 1 aliphatic rings. The molecule has 1 fully saturated rings. The number of aromatic nitrogens is 1. The van der Waals surface area contributed by atoms with Gasteiger partial charge in [0.2, 0.25) is 5.88 Å². The van der Waals surface area contributed by atoms with Crippen LogP contribution in [0.3, 0.4) is 0 Å². The van der Waals surface area contributed by atoms with Crippen LogP contribution < -0.4 is 15.4 Å². The first-order valence-corrected chi connectivity index (χ1v) is 7.02. The summed E-state index contributed by atoms with van der Waals surface area (Å²) in [4.78, 5) is 9.34. The van der Waals surface area contributed by atoms with Gasteiger partial charge < -0.3 is 20.3 Å². The molecule has 0 unspecified atom stereocenters. The molecular formula is C14H24N4O. The Hall–Kier alpha value is -1.33. The van der Waals surface area contributed by atoms with Gasteiger partial charge in [-0.15, -0.1) is 0 Å². The Bertz CT molecular complexity index is 385. The minimum absolute atomic E-state index is 0.682. The second-order valence-corrected chi connectivity index (χ2v) is 4.86. The Balaban J connectivity index is 1.94. The van der Waals surface area contributed by atoms with Crippen LogP contribution in [0.4, 0.5) is 5.82 Å². The third-order valence-corrected chi connectivity index (χ3v) is 3.51. The number of nitrogens with two attached hydrogens (primary N) is 1. The molecule has 0 bridgehead atoms. The third kappa shape index (κ3) is 4.08. The summed E-state index contributed by atoms with van der Waals surface area (Å²) in [6.07, 6.45) is 2.25. The standard InChI is InChI=1S/C14H24N4O/c1-19-14-6-2-5-13(16-14)18-10-4-9-17(11-12-18)8-3-7-15/h2,5-6H,3-4,7-12,15H2,1H3. The fourth-order valence-corrected chi connectivity index (χ4v) is 2.43. The minimum atomic E-state index is 0.682. The molecular weight excluding hydrogens is 240 g/mol. The van der Waals surface area contributed by atoms with E-state index >= 15 is 0 Å². The van der Waals surface area contributed by atoms with Gasteiger partial charge in [-0.25, -0.2) is 0 Å². The fraction of sp³-hybridized carbons (Fsp3) is 0.643. The highest BCUT2D eigenvalue weighted by Crippen LogP contribution is 2.17. The van der Waals surface area contributed by atoms with E-state index < -0.39 is 0 Å². The van der Waals surface area contributed by atoms with Gasteiger partial charge in [0.15, 0.2) is 0 Å². The monoisotopic (exact) mass is 264 g/mol. The normalized spacial score (nSPS) is 17.3. The summed E-state index contributed by atoms with van der Waals surface area (Å²) in [6.45, 7) is 6.19. The van der Waals surface area contributed by atoms with Crippen molar-refractivity contribution in [1.82, 2.24) is 9.88 Å². The molecule has 0 spiro atoms. The number of hydrogen-bond acceptors (Lipinski definition) is 5. The van der Waals surface area contributed by atoms with Gasteiger partial charge in [0, 0.05) is 25.7 Å². The second kappa shape index (κ2) is 7.31. The lowest BCUT2D eigenvalue weighted by Gasteiger charge is -2.22. The first-order valence-electron chi connectivity index (χ1n) is 7.02. The summed E-state index contributed by atoms with van der Waals surface area (Å²) < 4.78 is 5.19. The van der Waals surface area contributed by atoms with Crippen LogP contribution in [0, 0.1) is 0 Å². The van der Waals surface area contributed by atoms with Gasteiger partial charge in [0.05, 0.1) is 7.11 Å². The molecule has 0 aliphatic carbocycles. The lowest BCUT2D eigenvalue weighted by atomic mass is 10.3. The number of anilines is 1. The first kappa shape index (κ1) is 14.1. The van der Waals surface area contributed by atoms with Gasteiger partial charge in [0.1, 0.15) is 5.82 Å². The van der Waals surface area contributed by atoms with Crippen LogP contribution in [0.25, 0.3) is 0 Å². The Morgan fingerprint density at radius 2 is 2.16 bits per heavy atom. The molecule has 19 heavy (non-hydrogen) atoms. The maximum absolute atomic E-state index is 5.57. The number of nitrogens with zero attached hydrogens (tertiary/aromatic N) is 3. The van der Waals surface area contributed by atoms with Gasteiger partial charge in [0.25, 0.3) is 0 Å². The van der Waals surface area contributed by atoms with E-state index in [9.17, 15) is 0 Å². The fourth-order valence-electron chi connectivity index (χ4n) is 2.43. The molecule has 0 saturated carbocycles. The van der Waals surface area contributed by atoms with Crippen LogP contribution in [0.1, 0.15) is 12.8 Å². The molecule has 0 atom stereocenters. The molecule has 106 valence electrons. The molecule has 1 aromatic heterocycles. The molecule has 2 N–H and O–H groups in total. The molecule has 0 amide bonds. The van der Waals surface area contributed by atoms with Crippen LogP contribution in [-0.4, -0.2) is 56.3 Å². The Morgan fingerprint density at radius 3 is 2.95 bits per heavy atom. The van der Waals surface area contributed by atoms with Crippen molar-refractivity contribution in [3.05, 3.63) is 18.2 Å². The number of rotatable bonds is 5. The van der Waals surface area contributed by atoms with E-state index in [1.807, 2.05) is 12.1 Å². The lowest BCUT2D eigenvalue weighted by molar-refractivity contribution is 0.291. The van der Waals surface area contributed by atoms with Crippen molar-refractivity contribution >= 4 is 5.82 Å². The SMILES string of the molecule is COc1cccc(N2CCCN(CCCN)CC2)n1. The number of pyridine rings is 1.